The molecule has 0 atom stereocenters. The van der Waals surface area contributed by atoms with Gasteiger partial charge >= 0.3 is 0 Å². The number of hydrogen-bond acceptors (Lipinski definition) is 3. The molecule has 2 aromatic carbocycles. The molecule has 0 N–H and O–H groups in total. The van der Waals surface area contributed by atoms with Crippen molar-refractivity contribution in [2.24, 2.45) is 0 Å². The number of hydrogen-bond donors (Lipinski definition) is 0. The largest absolute Gasteiger partial charge is 0.485 e. The molecule has 3 rings (SSSR count). The molecule has 122 valence electrons. The molecule has 0 spiro atoms. The number of nitriles is 1. The van der Waals surface area contributed by atoms with Gasteiger partial charge in [-0.25, -0.2) is 4.98 Å². The highest BCUT2D eigenvalue weighted by Crippen LogP contribution is 2.23. The smallest absolute Gasteiger partial charge is 0.147 e. The minimum atomic E-state index is 0.422. The second kappa shape index (κ2) is 7.18. The van der Waals surface area contributed by atoms with Gasteiger partial charge in [-0.2, -0.15) is 5.26 Å². The summed E-state index contributed by atoms with van der Waals surface area (Å²) in [6, 6.07) is 16.4. The molecular formula is C20H21N3O. The van der Waals surface area contributed by atoms with Crippen LogP contribution in [0.3, 0.4) is 0 Å². The first-order chi connectivity index (χ1) is 11.7. The number of rotatable bonds is 6. The van der Waals surface area contributed by atoms with Crippen LogP contribution < -0.4 is 4.74 Å². The van der Waals surface area contributed by atoms with Crippen LogP contribution in [0.2, 0.25) is 0 Å². The highest BCUT2D eigenvalue weighted by Gasteiger charge is 2.11. The van der Waals surface area contributed by atoms with E-state index in [0.717, 1.165) is 41.1 Å². The highest BCUT2D eigenvalue weighted by molar-refractivity contribution is 5.75. The topological polar surface area (TPSA) is 50.8 Å². The molecule has 24 heavy (non-hydrogen) atoms. The Balaban J connectivity index is 1.86. The molecule has 0 aliphatic rings. The van der Waals surface area contributed by atoms with Gasteiger partial charge in [0, 0.05) is 13.0 Å². The third kappa shape index (κ3) is 3.26. The van der Waals surface area contributed by atoms with E-state index >= 15 is 0 Å². The molecule has 0 saturated carbocycles. The van der Waals surface area contributed by atoms with Gasteiger partial charge in [0.1, 0.15) is 18.2 Å². The van der Waals surface area contributed by atoms with Crippen molar-refractivity contribution in [2.75, 3.05) is 0 Å². The lowest BCUT2D eigenvalue weighted by atomic mass is 10.1. The van der Waals surface area contributed by atoms with Crippen molar-refractivity contribution in [1.29, 1.82) is 5.26 Å². The van der Waals surface area contributed by atoms with E-state index in [1.165, 1.54) is 5.56 Å². The Hall–Kier alpha value is -2.80. The number of ether oxygens (including phenoxy) is 1. The second-order valence-electron chi connectivity index (χ2n) is 5.92. The fraction of sp³-hybridized carbons (Fsp3) is 0.300. The first-order valence-corrected chi connectivity index (χ1v) is 8.21. The van der Waals surface area contributed by atoms with Gasteiger partial charge < -0.3 is 9.30 Å². The molecule has 0 aliphatic heterocycles. The van der Waals surface area contributed by atoms with Crippen molar-refractivity contribution in [3.05, 3.63) is 59.4 Å². The minimum Gasteiger partial charge on any atom is -0.485 e. The number of imidazole rings is 1. The zero-order valence-electron chi connectivity index (χ0n) is 14.1. The molecule has 0 bridgehead atoms. The monoisotopic (exact) mass is 319 g/mol. The van der Waals surface area contributed by atoms with E-state index in [1.54, 1.807) is 0 Å². The molecule has 0 saturated heterocycles. The molecule has 4 heteroatoms. The molecule has 4 nitrogen and oxygen atoms in total. The number of unbranched alkanes of at least 4 members (excludes halogenated alkanes) is 1. The summed E-state index contributed by atoms with van der Waals surface area (Å²) in [6.45, 7) is 5.35. The van der Waals surface area contributed by atoms with Crippen molar-refractivity contribution in [1.82, 2.24) is 9.55 Å². The Kier molecular flexibility index (Phi) is 4.81. The lowest BCUT2D eigenvalue weighted by Crippen LogP contribution is -2.08. The quantitative estimate of drug-likeness (QED) is 0.627. The van der Waals surface area contributed by atoms with Gasteiger partial charge in [-0.1, -0.05) is 24.3 Å². The Bertz CT molecular complexity index is 890. The Labute approximate surface area is 142 Å². The fourth-order valence-corrected chi connectivity index (χ4v) is 2.82. The van der Waals surface area contributed by atoms with E-state index in [2.05, 4.69) is 36.6 Å². The lowest BCUT2D eigenvalue weighted by Gasteiger charge is -2.12. The van der Waals surface area contributed by atoms with Crippen LogP contribution in [-0.2, 0) is 13.2 Å². The first-order valence-electron chi connectivity index (χ1n) is 8.21. The fourth-order valence-electron chi connectivity index (χ4n) is 2.82. The molecule has 0 aliphatic carbocycles. The van der Waals surface area contributed by atoms with Crippen molar-refractivity contribution in [3.8, 4) is 11.8 Å². The Morgan fingerprint density at radius 2 is 1.96 bits per heavy atom. The van der Waals surface area contributed by atoms with Crippen LogP contribution in [0, 0.1) is 25.2 Å². The SMILES string of the molecule is Cc1cccc(OCc2nc3ccccc3n2CCCC#N)c1C. The Morgan fingerprint density at radius 1 is 1.12 bits per heavy atom. The number of aryl methyl sites for hydroxylation is 2. The van der Waals surface area contributed by atoms with Crippen LogP contribution >= 0.6 is 0 Å². The standard InChI is InChI=1S/C20H21N3O/c1-15-8-7-11-19(16(15)2)24-14-20-22-17-9-3-4-10-18(17)23(20)13-6-5-12-21/h3-4,7-11H,5-6,13-14H2,1-2H3. The van der Waals surface area contributed by atoms with Gasteiger partial charge in [-0.3, -0.25) is 0 Å². The summed E-state index contributed by atoms with van der Waals surface area (Å²) < 4.78 is 8.20. The number of aromatic nitrogens is 2. The van der Waals surface area contributed by atoms with E-state index in [4.69, 9.17) is 15.0 Å². The van der Waals surface area contributed by atoms with Crippen LogP contribution in [0.4, 0.5) is 0 Å². The first kappa shape index (κ1) is 16.1. The van der Waals surface area contributed by atoms with Gasteiger partial charge in [0.05, 0.1) is 17.1 Å². The van der Waals surface area contributed by atoms with Gasteiger partial charge in [0.25, 0.3) is 0 Å². The molecule has 1 heterocycles. The molecule has 1 aromatic heterocycles. The average molecular weight is 319 g/mol. The minimum absolute atomic E-state index is 0.422. The van der Waals surface area contributed by atoms with Gasteiger partial charge in [-0.15, -0.1) is 0 Å². The Morgan fingerprint density at radius 3 is 2.79 bits per heavy atom. The van der Waals surface area contributed by atoms with E-state index in [-0.39, 0.29) is 0 Å². The van der Waals surface area contributed by atoms with E-state index < -0.39 is 0 Å². The van der Waals surface area contributed by atoms with E-state index in [9.17, 15) is 0 Å². The van der Waals surface area contributed by atoms with Crippen molar-refractivity contribution >= 4 is 11.0 Å². The van der Waals surface area contributed by atoms with Crippen molar-refractivity contribution < 1.29 is 4.74 Å². The third-order valence-corrected chi connectivity index (χ3v) is 4.32. The molecular weight excluding hydrogens is 298 g/mol. The molecule has 0 radical (unpaired) electrons. The van der Waals surface area contributed by atoms with Crippen LogP contribution in [-0.4, -0.2) is 9.55 Å². The van der Waals surface area contributed by atoms with Crippen LogP contribution in [0.15, 0.2) is 42.5 Å². The molecule has 0 fully saturated rings. The summed E-state index contributed by atoms with van der Waals surface area (Å²) >= 11 is 0. The van der Waals surface area contributed by atoms with Crippen LogP contribution in [0.25, 0.3) is 11.0 Å². The van der Waals surface area contributed by atoms with Gasteiger partial charge in [0.2, 0.25) is 0 Å². The molecule has 0 amide bonds. The maximum Gasteiger partial charge on any atom is 0.147 e. The molecule has 3 aromatic rings. The summed E-state index contributed by atoms with van der Waals surface area (Å²) in [4.78, 5) is 4.71. The predicted molar refractivity (Wildman–Crippen MR) is 94.8 cm³/mol. The lowest BCUT2D eigenvalue weighted by molar-refractivity contribution is 0.287. The summed E-state index contributed by atoms with van der Waals surface area (Å²) in [6.07, 6.45) is 1.36. The maximum atomic E-state index is 8.79. The van der Waals surface area contributed by atoms with Crippen molar-refractivity contribution in [2.45, 2.75) is 39.8 Å². The summed E-state index contributed by atoms with van der Waals surface area (Å²) in [5.74, 6) is 1.79. The van der Waals surface area contributed by atoms with E-state index in [0.29, 0.717) is 13.0 Å². The van der Waals surface area contributed by atoms with Crippen LogP contribution in [0.1, 0.15) is 29.8 Å². The van der Waals surface area contributed by atoms with E-state index in [1.807, 2.05) is 30.3 Å². The zero-order chi connectivity index (χ0) is 16.9. The maximum absolute atomic E-state index is 8.79. The summed E-state index contributed by atoms with van der Waals surface area (Å²) in [5, 5.41) is 8.79. The third-order valence-electron chi connectivity index (χ3n) is 4.32. The summed E-state index contributed by atoms with van der Waals surface area (Å²) in [5.41, 5.74) is 4.43. The molecule has 0 unspecified atom stereocenters. The number of benzene rings is 2. The van der Waals surface area contributed by atoms with Gasteiger partial charge in [-0.05, 0) is 49.6 Å². The second-order valence-corrected chi connectivity index (χ2v) is 5.92. The van der Waals surface area contributed by atoms with Crippen molar-refractivity contribution in [3.63, 3.8) is 0 Å². The summed E-state index contributed by atoms with van der Waals surface area (Å²) in [7, 11) is 0. The number of para-hydroxylation sites is 2. The normalized spacial score (nSPS) is 10.7. The zero-order valence-corrected chi connectivity index (χ0v) is 14.1. The van der Waals surface area contributed by atoms with Gasteiger partial charge in [0.15, 0.2) is 0 Å². The average Bonchev–Trinajstić information content (AvgIpc) is 2.94. The predicted octanol–water partition coefficient (Wildman–Crippen LogP) is 4.54. The number of fused-ring (bicyclic) bond motifs is 1. The number of nitrogens with zero attached hydrogens (tertiary/aromatic N) is 3. The highest BCUT2D eigenvalue weighted by atomic mass is 16.5. The van der Waals surface area contributed by atoms with Crippen LogP contribution in [0.5, 0.6) is 5.75 Å².